The number of amides is 1. The number of hydrogen-bond donors (Lipinski definition) is 1. The van der Waals surface area contributed by atoms with Crippen molar-refractivity contribution in [1.29, 1.82) is 0 Å². The molecular weight excluding hydrogens is 338 g/mol. The van der Waals surface area contributed by atoms with E-state index in [2.05, 4.69) is 10.3 Å². The Balaban J connectivity index is 1.50. The van der Waals surface area contributed by atoms with Crippen LogP contribution in [-0.4, -0.2) is 15.5 Å². The van der Waals surface area contributed by atoms with Crippen molar-refractivity contribution in [3.05, 3.63) is 64.2 Å². The number of benzene rings is 1. The van der Waals surface area contributed by atoms with Crippen LogP contribution >= 0.6 is 11.3 Å². The van der Waals surface area contributed by atoms with Crippen molar-refractivity contribution in [3.63, 3.8) is 0 Å². The Morgan fingerprint density at radius 3 is 3.04 bits per heavy atom. The second-order valence-electron chi connectivity index (χ2n) is 5.79. The number of nitrogens with zero attached hydrogens (tertiary/aromatic N) is 2. The summed E-state index contributed by atoms with van der Waals surface area (Å²) in [6.07, 6.45) is 1.41. The van der Waals surface area contributed by atoms with Crippen LogP contribution in [0.1, 0.15) is 18.7 Å². The molecule has 1 amide bonds. The zero-order valence-electron chi connectivity index (χ0n) is 13.4. The van der Waals surface area contributed by atoms with E-state index in [1.54, 1.807) is 6.07 Å². The lowest BCUT2D eigenvalue weighted by molar-refractivity contribution is -0.122. The number of nitrogens with one attached hydrogen (secondary N) is 1. The van der Waals surface area contributed by atoms with E-state index in [1.165, 1.54) is 22.2 Å². The second-order valence-corrected chi connectivity index (χ2v) is 6.70. The minimum atomic E-state index is -0.297. The minimum absolute atomic E-state index is 0.0791. The summed E-state index contributed by atoms with van der Waals surface area (Å²) in [5.74, 6) is 0.404. The first-order valence-corrected chi connectivity index (χ1v) is 8.70. The third kappa shape index (κ3) is 2.94. The molecule has 3 aromatic heterocycles. The molecule has 126 valence electrons. The zero-order valence-corrected chi connectivity index (χ0v) is 14.2. The van der Waals surface area contributed by atoms with Crippen LogP contribution in [0.25, 0.3) is 21.2 Å². The summed E-state index contributed by atoms with van der Waals surface area (Å²) in [5, 5.41) is 5.66. The second kappa shape index (κ2) is 6.18. The van der Waals surface area contributed by atoms with Gasteiger partial charge in [-0.1, -0.05) is 18.2 Å². The summed E-state index contributed by atoms with van der Waals surface area (Å²) in [4.78, 5) is 28.8. The lowest BCUT2D eigenvalue weighted by atomic mass is 10.2. The van der Waals surface area contributed by atoms with Crippen LogP contribution in [-0.2, 0) is 11.3 Å². The van der Waals surface area contributed by atoms with Gasteiger partial charge in [0.15, 0.2) is 0 Å². The maximum atomic E-state index is 12.3. The van der Waals surface area contributed by atoms with Gasteiger partial charge in [0, 0.05) is 5.39 Å². The number of rotatable bonds is 4. The first kappa shape index (κ1) is 15.6. The SMILES string of the molecule is CC(NC(=O)Cn1cnc2ccsc2c1=O)c1cc2ccccc2o1. The van der Waals surface area contributed by atoms with Crippen molar-refractivity contribution in [2.75, 3.05) is 0 Å². The van der Waals surface area contributed by atoms with Crippen LogP contribution in [0.3, 0.4) is 0 Å². The van der Waals surface area contributed by atoms with Gasteiger partial charge in [0.05, 0.1) is 17.9 Å². The molecule has 0 bridgehead atoms. The molecule has 4 aromatic rings. The molecule has 6 nitrogen and oxygen atoms in total. The molecule has 1 N–H and O–H groups in total. The summed E-state index contributed by atoms with van der Waals surface area (Å²) < 4.78 is 7.63. The van der Waals surface area contributed by atoms with Crippen molar-refractivity contribution in [2.45, 2.75) is 19.5 Å². The number of thiophene rings is 1. The highest BCUT2D eigenvalue weighted by molar-refractivity contribution is 7.17. The lowest BCUT2D eigenvalue weighted by Gasteiger charge is -2.12. The molecule has 0 radical (unpaired) electrons. The molecule has 25 heavy (non-hydrogen) atoms. The number of para-hydroxylation sites is 1. The van der Waals surface area contributed by atoms with Gasteiger partial charge in [0.25, 0.3) is 5.56 Å². The van der Waals surface area contributed by atoms with Crippen molar-refractivity contribution in [1.82, 2.24) is 14.9 Å². The Labute approximate surface area is 146 Å². The highest BCUT2D eigenvalue weighted by Crippen LogP contribution is 2.23. The lowest BCUT2D eigenvalue weighted by Crippen LogP contribution is -2.33. The zero-order chi connectivity index (χ0) is 17.4. The van der Waals surface area contributed by atoms with E-state index in [1.807, 2.05) is 42.6 Å². The molecule has 4 rings (SSSR count). The van der Waals surface area contributed by atoms with Crippen LogP contribution in [0.2, 0.25) is 0 Å². The number of hydrogen-bond acceptors (Lipinski definition) is 5. The van der Waals surface area contributed by atoms with Crippen molar-refractivity contribution < 1.29 is 9.21 Å². The van der Waals surface area contributed by atoms with E-state index < -0.39 is 0 Å². The summed E-state index contributed by atoms with van der Waals surface area (Å²) in [6, 6.07) is 11.1. The molecule has 0 saturated heterocycles. The van der Waals surface area contributed by atoms with Crippen molar-refractivity contribution >= 4 is 38.4 Å². The number of carbonyl (C=O) groups excluding carboxylic acids is 1. The highest BCUT2D eigenvalue weighted by Gasteiger charge is 2.15. The van der Waals surface area contributed by atoms with Crippen LogP contribution in [0.4, 0.5) is 0 Å². The minimum Gasteiger partial charge on any atom is -0.459 e. The third-order valence-electron chi connectivity index (χ3n) is 4.00. The highest BCUT2D eigenvalue weighted by atomic mass is 32.1. The molecule has 0 aliphatic rings. The van der Waals surface area contributed by atoms with E-state index in [0.717, 1.165) is 11.0 Å². The van der Waals surface area contributed by atoms with Gasteiger partial charge in [-0.15, -0.1) is 11.3 Å². The summed E-state index contributed by atoms with van der Waals surface area (Å²) >= 11 is 1.33. The predicted molar refractivity (Wildman–Crippen MR) is 96.7 cm³/mol. The van der Waals surface area contributed by atoms with Gasteiger partial charge < -0.3 is 9.73 Å². The normalized spacial score (nSPS) is 12.5. The number of carbonyl (C=O) groups is 1. The van der Waals surface area contributed by atoms with E-state index in [0.29, 0.717) is 16.0 Å². The van der Waals surface area contributed by atoms with E-state index in [-0.39, 0.29) is 24.1 Å². The quantitative estimate of drug-likeness (QED) is 0.612. The van der Waals surface area contributed by atoms with E-state index in [4.69, 9.17) is 4.42 Å². The molecule has 0 aliphatic carbocycles. The number of fused-ring (bicyclic) bond motifs is 2. The average molecular weight is 353 g/mol. The monoisotopic (exact) mass is 353 g/mol. The molecule has 7 heteroatoms. The van der Waals surface area contributed by atoms with Crippen molar-refractivity contribution in [3.8, 4) is 0 Å². The number of aromatic nitrogens is 2. The molecule has 1 atom stereocenters. The molecule has 1 aromatic carbocycles. The van der Waals surface area contributed by atoms with Crippen LogP contribution in [0, 0.1) is 0 Å². The van der Waals surface area contributed by atoms with Crippen molar-refractivity contribution in [2.24, 2.45) is 0 Å². The van der Waals surface area contributed by atoms with Gasteiger partial charge in [-0.2, -0.15) is 0 Å². The van der Waals surface area contributed by atoms with Gasteiger partial charge in [-0.25, -0.2) is 4.98 Å². The predicted octanol–water partition coefficient (Wildman–Crippen LogP) is 3.08. The fourth-order valence-electron chi connectivity index (χ4n) is 2.72. The molecule has 3 heterocycles. The standard InChI is InChI=1S/C18H15N3O3S/c1-11(15-8-12-4-2-3-5-14(12)24-15)20-16(22)9-21-10-19-13-6-7-25-17(13)18(21)23/h2-8,10-11H,9H2,1H3,(H,20,22). The maximum absolute atomic E-state index is 12.3. The van der Waals surface area contributed by atoms with Crippen LogP contribution in [0.5, 0.6) is 0 Å². The van der Waals surface area contributed by atoms with Crippen LogP contribution < -0.4 is 10.9 Å². The van der Waals surface area contributed by atoms with Gasteiger partial charge in [0.1, 0.15) is 22.6 Å². The average Bonchev–Trinajstić information content (AvgIpc) is 3.24. The Morgan fingerprint density at radius 2 is 2.20 bits per heavy atom. The molecule has 1 unspecified atom stereocenters. The summed E-state index contributed by atoms with van der Waals surface area (Å²) in [5.41, 5.74) is 1.23. The van der Waals surface area contributed by atoms with Gasteiger partial charge >= 0.3 is 0 Å². The Kier molecular flexibility index (Phi) is 3.85. The number of furan rings is 1. The maximum Gasteiger partial charge on any atom is 0.271 e. The van der Waals surface area contributed by atoms with E-state index in [9.17, 15) is 9.59 Å². The Hall–Kier alpha value is -2.93. The smallest absolute Gasteiger partial charge is 0.271 e. The largest absolute Gasteiger partial charge is 0.459 e. The summed E-state index contributed by atoms with van der Waals surface area (Å²) in [6.45, 7) is 1.77. The fourth-order valence-corrected chi connectivity index (χ4v) is 3.51. The van der Waals surface area contributed by atoms with Crippen LogP contribution in [0.15, 0.2) is 57.3 Å². The molecule has 0 spiro atoms. The molecular formula is C18H15N3O3S. The topological polar surface area (TPSA) is 77.1 Å². The molecule has 0 aliphatic heterocycles. The Bertz CT molecular complexity index is 1090. The first-order valence-electron chi connectivity index (χ1n) is 7.82. The van der Waals surface area contributed by atoms with Gasteiger partial charge in [0.2, 0.25) is 5.91 Å². The van der Waals surface area contributed by atoms with Gasteiger partial charge in [-0.05, 0) is 30.5 Å². The third-order valence-corrected chi connectivity index (χ3v) is 4.89. The molecule has 0 fully saturated rings. The fraction of sp³-hybridized carbons (Fsp3) is 0.167. The summed E-state index contributed by atoms with van der Waals surface area (Å²) in [7, 11) is 0. The first-order chi connectivity index (χ1) is 12.1. The van der Waals surface area contributed by atoms with E-state index >= 15 is 0 Å². The molecule has 0 saturated carbocycles. The Morgan fingerprint density at radius 1 is 1.36 bits per heavy atom. The van der Waals surface area contributed by atoms with Gasteiger partial charge in [-0.3, -0.25) is 14.2 Å².